The normalized spacial score (nSPS) is 12.1. The number of hydrogen-bond donors (Lipinski definition) is 2. The van der Waals surface area contributed by atoms with Crippen LogP contribution in [0.1, 0.15) is 29.3 Å². The van der Waals surface area contributed by atoms with E-state index in [9.17, 15) is 18.3 Å². The maximum absolute atomic E-state index is 12.7. The molecule has 2 rings (SSSR count). The van der Waals surface area contributed by atoms with Gasteiger partial charge in [-0.25, -0.2) is 13.2 Å². The number of sulfone groups is 1. The summed E-state index contributed by atoms with van der Waals surface area (Å²) < 4.78 is 30.8. The first-order valence-corrected chi connectivity index (χ1v) is 8.84. The summed E-state index contributed by atoms with van der Waals surface area (Å²) in [5.74, 6) is -1.68. The maximum atomic E-state index is 12.7. The van der Waals surface area contributed by atoms with E-state index in [2.05, 4.69) is 0 Å². The van der Waals surface area contributed by atoms with Gasteiger partial charge < -0.3 is 14.9 Å². The summed E-state index contributed by atoms with van der Waals surface area (Å²) in [6.07, 6.45) is 0.192. The Morgan fingerprint density at radius 2 is 1.76 bits per heavy atom. The SMILES string of the molecule is CCC(Oc1ccc(C(=O)O)c(O)c1)S(=O)(=O)c1ccc(C)cc1.[Zn]. The van der Waals surface area contributed by atoms with Gasteiger partial charge in [0.2, 0.25) is 15.3 Å². The molecule has 0 radical (unpaired) electrons. The third-order valence-corrected chi connectivity index (χ3v) is 5.55. The van der Waals surface area contributed by atoms with Crippen molar-refractivity contribution < 1.29 is 47.6 Å². The van der Waals surface area contributed by atoms with Gasteiger partial charge in [0.05, 0.1) is 4.90 Å². The van der Waals surface area contributed by atoms with E-state index in [0.717, 1.165) is 17.7 Å². The molecule has 1 unspecified atom stereocenters. The van der Waals surface area contributed by atoms with Crippen molar-refractivity contribution in [1.29, 1.82) is 0 Å². The quantitative estimate of drug-likeness (QED) is 0.703. The first kappa shape index (κ1) is 21.1. The summed E-state index contributed by atoms with van der Waals surface area (Å²) in [5.41, 5.74) is -0.482. The van der Waals surface area contributed by atoms with Gasteiger partial charge in [0.15, 0.2) is 0 Å². The van der Waals surface area contributed by atoms with E-state index in [1.54, 1.807) is 19.1 Å². The largest absolute Gasteiger partial charge is 0.507 e. The summed E-state index contributed by atoms with van der Waals surface area (Å²) >= 11 is 0. The molecule has 0 saturated heterocycles. The molecule has 2 aromatic rings. The second kappa shape index (κ2) is 8.45. The van der Waals surface area contributed by atoms with Crippen molar-refractivity contribution in [1.82, 2.24) is 0 Å². The summed E-state index contributed by atoms with van der Waals surface area (Å²) in [4.78, 5) is 11.0. The molecule has 2 aromatic carbocycles. The van der Waals surface area contributed by atoms with Crippen molar-refractivity contribution in [2.24, 2.45) is 0 Å². The van der Waals surface area contributed by atoms with Crippen molar-refractivity contribution in [3.8, 4) is 11.5 Å². The van der Waals surface area contributed by atoms with Crippen molar-refractivity contribution in [2.75, 3.05) is 0 Å². The van der Waals surface area contributed by atoms with Crippen LogP contribution in [0.25, 0.3) is 0 Å². The minimum Gasteiger partial charge on any atom is -0.507 e. The van der Waals surface area contributed by atoms with Crippen LogP contribution >= 0.6 is 0 Å². The number of ether oxygens (including phenoxy) is 1. The molecule has 1 atom stereocenters. The first-order valence-electron chi connectivity index (χ1n) is 7.29. The molecule has 6 nitrogen and oxygen atoms in total. The van der Waals surface area contributed by atoms with E-state index in [1.807, 2.05) is 6.92 Å². The van der Waals surface area contributed by atoms with Gasteiger partial charge in [0.25, 0.3) is 0 Å². The molecule has 130 valence electrons. The number of hydrogen-bond acceptors (Lipinski definition) is 5. The van der Waals surface area contributed by atoms with Crippen molar-refractivity contribution in [2.45, 2.75) is 30.6 Å². The molecule has 25 heavy (non-hydrogen) atoms. The summed E-state index contributed by atoms with van der Waals surface area (Å²) in [7, 11) is -3.73. The number of carboxylic acids is 1. The second-order valence-electron chi connectivity index (χ2n) is 5.30. The van der Waals surface area contributed by atoms with E-state index in [-0.39, 0.29) is 42.1 Å². The number of aromatic hydroxyl groups is 1. The van der Waals surface area contributed by atoms with E-state index >= 15 is 0 Å². The Morgan fingerprint density at radius 3 is 2.24 bits per heavy atom. The van der Waals surface area contributed by atoms with E-state index < -0.39 is 27.0 Å². The minimum atomic E-state index is -3.73. The fourth-order valence-corrected chi connectivity index (χ4v) is 3.66. The Balaban J connectivity index is 0.00000312. The second-order valence-corrected chi connectivity index (χ2v) is 7.39. The van der Waals surface area contributed by atoms with Crippen LogP contribution in [0.2, 0.25) is 0 Å². The molecule has 0 aliphatic rings. The Kier molecular flexibility index (Phi) is 7.14. The number of aromatic carboxylic acids is 1. The first-order chi connectivity index (χ1) is 11.3. The summed E-state index contributed by atoms with van der Waals surface area (Å²) in [6.45, 7) is 3.53. The Bertz CT molecular complexity index is 846. The molecule has 0 aliphatic carbocycles. The molecule has 0 amide bonds. The molecule has 0 fully saturated rings. The minimum absolute atomic E-state index is 0. The number of benzene rings is 2. The number of carbonyl (C=O) groups is 1. The average molecular weight is 416 g/mol. The zero-order valence-electron chi connectivity index (χ0n) is 14.0. The Morgan fingerprint density at radius 1 is 1.16 bits per heavy atom. The van der Waals surface area contributed by atoms with E-state index in [0.29, 0.717) is 0 Å². The van der Waals surface area contributed by atoms with Crippen LogP contribution in [0.3, 0.4) is 0 Å². The molecule has 0 aromatic heterocycles. The predicted molar refractivity (Wildman–Crippen MR) is 88.1 cm³/mol. The molecule has 2 N–H and O–H groups in total. The zero-order chi connectivity index (χ0) is 17.9. The van der Waals surface area contributed by atoms with Crippen LogP contribution in [-0.4, -0.2) is 30.0 Å². The third kappa shape index (κ3) is 4.80. The van der Waals surface area contributed by atoms with Gasteiger partial charge in [-0.2, -0.15) is 0 Å². The number of rotatable bonds is 6. The van der Waals surface area contributed by atoms with Crippen LogP contribution in [0.5, 0.6) is 11.5 Å². The molecule has 0 aliphatic heterocycles. The van der Waals surface area contributed by atoms with Gasteiger partial charge in [0.1, 0.15) is 17.1 Å². The topological polar surface area (TPSA) is 101 Å². The summed E-state index contributed by atoms with van der Waals surface area (Å²) in [6, 6.07) is 10.0. The molecule has 0 spiro atoms. The molecule has 0 saturated carbocycles. The van der Waals surface area contributed by atoms with Gasteiger partial charge in [-0.05, 0) is 37.6 Å². The van der Waals surface area contributed by atoms with Crippen LogP contribution in [0.4, 0.5) is 0 Å². The standard InChI is InChI=1S/C17H18O6S.Zn/c1-3-16(24(21,22)13-7-4-11(2)5-8-13)23-12-6-9-14(17(19)20)15(18)10-12;/h4-10,16,18H,3H2,1-2H3,(H,19,20);. The van der Waals surface area contributed by atoms with Crippen LogP contribution < -0.4 is 4.74 Å². The predicted octanol–water partition coefficient (Wildman–Crippen LogP) is 2.99. The Hall–Kier alpha value is -1.92. The van der Waals surface area contributed by atoms with Gasteiger partial charge in [0, 0.05) is 25.5 Å². The third-order valence-electron chi connectivity index (χ3n) is 3.50. The summed E-state index contributed by atoms with van der Waals surface area (Å²) in [5, 5.41) is 18.6. The van der Waals surface area contributed by atoms with Crippen LogP contribution in [-0.2, 0) is 29.3 Å². The van der Waals surface area contributed by atoms with Gasteiger partial charge >= 0.3 is 5.97 Å². The molecule has 0 heterocycles. The van der Waals surface area contributed by atoms with Crippen LogP contribution in [0, 0.1) is 6.92 Å². The molecule has 0 bridgehead atoms. The van der Waals surface area contributed by atoms with E-state index in [4.69, 9.17) is 9.84 Å². The number of aryl methyl sites for hydroxylation is 1. The van der Waals surface area contributed by atoms with Crippen molar-refractivity contribution in [3.05, 3.63) is 53.6 Å². The average Bonchev–Trinajstić information content (AvgIpc) is 2.52. The molecular formula is C17H18O6SZn. The maximum Gasteiger partial charge on any atom is 0.339 e. The zero-order valence-corrected chi connectivity index (χ0v) is 17.8. The number of phenols is 1. The fourth-order valence-electron chi connectivity index (χ4n) is 2.16. The molecular weight excluding hydrogens is 398 g/mol. The Labute approximate surface area is 159 Å². The van der Waals surface area contributed by atoms with Gasteiger partial charge in [-0.15, -0.1) is 0 Å². The molecule has 8 heteroatoms. The van der Waals surface area contributed by atoms with E-state index in [1.165, 1.54) is 18.2 Å². The van der Waals surface area contributed by atoms with Crippen molar-refractivity contribution >= 4 is 15.8 Å². The van der Waals surface area contributed by atoms with Crippen molar-refractivity contribution in [3.63, 3.8) is 0 Å². The van der Waals surface area contributed by atoms with Crippen LogP contribution in [0.15, 0.2) is 47.4 Å². The number of carboxylic acid groups (broad SMARTS) is 1. The smallest absolute Gasteiger partial charge is 0.339 e. The van der Waals surface area contributed by atoms with Gasteiger partial charge in [-0.3, -0.25) is 0 Å². The fraction of sp³-hybridized carbons (Fsp3) is 0.235. The van der Waals surface area contributed by atoms with Gasteiger partial charge in [-0.1, -0.05) is 24.6 Å². The monoisotopic (exact) mass is 414 g/mol.